The Morgan fingerprint density at radius 2 is 2.24 bits per heavy atom. The monoisotopic (exact) mass is 269 g/mol. The van der Waals surface area contributed by atoms with Gasteiger partial charge in [-0.05, 0) is 13.8 Å². The first kappa shape index (κ1) is 12.3. The van der Waals surface area contributed by atoms with Gasteiger partial charge in [0.15, 0.2) is 5.78 Å². The minimum absolute atomic E-state index is 0.0282. The number of carbonyl (C=O) groups is 1. The SMILES string of the molecule is Cc1ncc(C(=O)Cc2c(Cl)c(C)nn2C)s1. The second-order valence-corrected chi connectivity index (χ2v) is 5.43. The molecular formula is C11H12ClN3OS. The molecule has 0 atom stereocenters. The van der Waals surface area contributed by atoms with Crippen LogP contribution in [0.3, 0.4) is 0 Å². The van der Waals surface area contributed by atoms with Crippen molar-refractivity contribution >= 4 is 28.7 Å². The van der Waals surface area contributed by atoms with Crippen molar-refractivity contribution in [2.45, 2.75) is 20.3 Å². The number of nitrogens with zero attached hydrogens (tertiary/aromatic N) is 3. The number of thiazole rings is 1. The quantitative estimate of drug-likeness (QED) is 0.805. The lowest BCUT2D eigenvalue weighted by Gasteiger charge is -2.00. The summed E-state index contributed by atoms with van der Waals surface area (Å²) in [6.07, 6.45) is 1.87. The second kappa shape index (κ2) is 4.58. The van der Waals surface area contributed by atoms with Crippen LogP contribution >= 0.6 is 22.9 Å². The molecule has 6 heteroatoms. The van der Waals surface area contributed by atoms with Crippen LogP contribution in [0, 0.1) is 13.8 Å². The Kier molecular flexibility index (Phi) is 3.31. The van der Waals surface area contributed by atoms with Gasteiger partial charge in [-0.25, -0.2) is 4.98 Å². The van der Waals surface area contributed by atoms with Crippen molar-refractivity contribution < 1.29 is 4.79 Å². The predicted molar refractivity (Wildman–Crippen MR) is 67.8 cm³/mol. The third kappa shape index (κ3) is 2.40. The zero-order valence-electron chi connectivity index (χ0n) is 9.82. The highest BCUT2D eigenvalue weighted by molar-refractivity contribution is 7.13. The fourth-order valence-corrected chi connectivity index (χ4v) is 2.54. The highest BCUT2D eigenvalue weighted by atomic mass is 35.5. The van der Waals surface area contributed by atoms with Gasteiger partial charge in [0.05, 0.1) is 32.7 Å². The first-order chi connectivity index (χ1) is 7.99. The van der Waals surface area contributed by atoms with E-state index in [1.54, 1.807) is 17.9 Å². The normalized spacial score (nSPS) is 10.8. The van der Waals surface area contributed by atoms with Crippen molar-refractivity contribution in [3.05, 3.63) is 32.5 Å². The van der Waals surface area contributed by atoms with Crippen LogP contribution in [0.15, 0.2) is 6.20 Å². The molecule has 0 saturated carbocycles. The smallest absolute Gasteiger partial charge is 0.180 e. The summed E-state index contributed by atoms with van der Waals surface area (Å²) in [5.41, 5.74) is 1.50. The molecule has 0 unspecified atom stereocenters. The molecule has 0 N–H and O–H groups in total. The number of halogens is 1. The van der Waals surface area contributed by atoms with Gasteiger partial charge in [0.25, 0.3) is 0 Å². The molecule has 0 spiro atoms. The lowest BCUT2D eigenvalue weighted by Crippen LogP contribution is -2.07. The third-order valence-corrected chi connectivity index (χ3v) is 3.93. The topological polar surface area (TPSA) is 47.8 Å². The zero-order chi connectivity index (χ0) is 12.6. The average molecular weight is 270 g/mol. The van der Waals surface area contributed by atoms with Crippen molar-refractivity contribution in [1.82, 2.24) is 14.8 Å². The number of aromatic nitrogens is 3. The van der Waals surface area contributed by atoms with E-state index in [2.05, 4.69) is 10.1 Å². The average Bonchev–Trinajstić information content (AvgIpc) is 2.79. The zero-order valence-corrected chi connectivity index (χ0v) is 11.4. The van der Waals surface area contributed by atoms with Crippen LogP contribution in [0.4, 0.5) is 0 Å². The number of aryl methyl sites for hydroxylation is 3. The predicted octanol–water partition coefficient (Wildman–Crippen LogP) is 2.57. The first-order valence-electron chi connectivity index (χ1n) is 5.12. The molecule has 0 radical (unpaired) electrons. The van der Waals surface area contributed by atoms with Crippen molar-refractivity contribution in [2.75, 3.05) is 0 Å². The number of hydrogen-bond acceptors (Lipinski definition) is 4. The van der Waals surface area contributed by atoms with Gasteiger partial charge in [0, 0.05) is 13.2 Å². The van der Waals surface area contributed by atoms with Crippen LogP contribution in [0.2, 0.25) is 5.02 Å². The molecule has 17 heavy (non-hydrogen) atoms. The summed E-state index contributed by atoms with van der Waals surface area (Å²) in [6.45, 7) is 3.70. The third-order valence-electron chi connectivity index (χ3n) is 2.49. The maximum absolute atomic E-state index is 12.0. The lowest BCUT2D eigenvalue weighted by atomic mass is 10.2. The van der Waals surface area contributed by atoms with Gasteiger partial charge in [-0.2, -0.15) is 5.10 Å². The molecule has 0 amide bonds. The van der Waals surface area contributed by atoms with Crippen LogP contribution < -0.4 is 0 Å². The Hall–Kier alpha value is -1.20. The van der Waals surface area contributed by atoms with E-state index in [9.17, 15) is 4.79 Å². The minimum Gasteiger partial charge on any atom is -0.293 e. The molecule has 2 heterocycles. The number of rotatable bonds is 3. The maximum atomic E-state index is 12.0. The van der Waals surface area contributed by atoms with Crippen molar-refractivity contribution in [2.24, 2.45) is 7.05 Å². The molecule has 0 fully saturated rings. The molecule has 0 aliphatic heterocycles. The Balaban J connectivity index is 2.24. The van der Waals surface area contributed by atoms with Crippen molar-refractivity contribution in [3.63, 3.8) is 0 Å². The first-order valence-corrected chi connectivity index (χ1v) is 6.32. The summed E-state index contributed by atoms with van der Waals surface area (Å²) in [6, 6.07) is 0. The van der Waals surface area contributed by atoms with Gasteiger partial charge in [0.1, 0.15) is 0 Å². The summed E-state index contributed by atoms with van der Waals surface area (Å²) >= 11 is 7.50. The Morgan fingerprint density at radius 3 is 2.71 bits per heavy atom. The molecule has 0 aromatic carbocycles. The molecule has 0 aliphatic carbocycles. The van der Waals surface area contributed by atoms with E-state index in [0.29, 0.717) is 9.90 Å². The van der Waals surface area contributed by atoms with E-state index in [1.165, 1.54) is 11.3 Å². The summed E-state index contributed by atoms with van der Waals surface area (Å²) in [4.78, 5) is 16.7. The van der Waals surface area contributed by atoms with E-state index in [1.807, 2.05) is 13.8 Å². The van der Waals surface area contributed by atoms with Gasteiger partial charge in [0.2, 0.25) is 0 Å². The van der Waals surface area contributed by atoms with Crippen molar-refractivity contribution in [3.8, 4) is 0 Å². The lowest BCUT2D eigenvalue weighted by molar-refractivity contribution is 0.0994. The second-order valence-electron chi connectivity index (χ2n) is 3.81. The van der Waals surface area contributed by atoms with Gasteiger partial charge >= 0.3 is 0 Å². The molecule has 2 aromatic rings. The molecule has 0 saturated heterocycles. The number of carbonyl (C=O) groups excluding carboxylic acids is 1. The molecule has 0 aliphatic rings. The van der Waals surface area contributed by atoms with Crippen LogP contribution in [0.1, 0.15) is 26.1 Å². The summed E-state index contributed by atoms with van der Waals surface area (Å²) in [5.74, 6) is 0.0282. The van der Waals surface area contributed by atoms with Crippen LogP contribution in [0.5, 0.6) is 0 Å². The molecular weight excluding hydrogens is 258 g/mol. The summed E-state index contributed by atoms with van der Waals surface area (Å²) in [7, 11) is 1.79. The Morgan fingerprint density at radius 1 is 1.53 bits per heavy atom. The minimum atomic E-state index is 0.0282. The molecule has 0 bridgehead atoms. The van der Waals surface area contributed by atoms with Gasteiger partial charge in [-0.1, -0.05) is 11.6 Å². The number of Topliss-reactive ketones (excluding diaryl/α,β-unsaturated/α-hetero) is 1. The van der Waals surface area contributed by atoms with Gasteiger partial charge in [-0.3, -0.25) is 9.48 Å². The Bertz CT molecular complexity index is 573. The van der Waals surface area contributed by atoms with E-state index in [4.69, 9.17) is 11.6 Å². The van der Waals surface area contributed by atoms with E-state index >= 15 is 0 Å². The Labute approximate surface area is 108 Å². The fourth-order valence-electron chi connectivity index (χ4n) is 1.60. The fraction of sp³-hybridized carbons (Fsp3) is 0.364. The molecule has 90 valence electrons. The molecule has 2 rings (SSSR count). The maximum Gasteiger partial charge on any atom is 0.180 e. The van der Waals surface area contributed by atoms with E-state index in [-0.39, 0.29) is 12.2 Å². The molecule has 4 nitrogen and oxygen atoms in total. The summed E-state index contributed by atoms with van der Waals surface area (Å²) in [5, 5.41) is 5.64. The van der Waals surface area contributed by atoms with E-state index in [0.717, 1.165) is 16.4 Å². The van der Waals surface area contributed by atoms with Gasteiger partial charge in [-0.15, -0.1) is 11.3 Å². The number of hydrogen-bond donors (Lipinski definition) is 0. The molecule has 2 aromatic heterocycles. The van der Waals surface area contributed by atoms with Crippen LogP contribution in [0.25, 0.3) is 0 Å². The number of ketones is 1. The highest BCUT2D eigenvalue weighted by Gasteiger charge is 2.17. The van der Waals surface area contributed by atoms with Gasteiger partial charge < -0.3 is 0 Å². The standard InChI is InChI=1S/C11H12ClN3OS/c1-6-11(12)8(15(3)14-6)4-9(16)10-5-13-7(2)17-10/h5H,4H2,1-3H3. The van der Waals surface area contributed by atoms with E-state index < -0.39 is 0 Å². The highest BCUT2D eigenvalue weighted by Crippen LogP contribution is 2.22. The van der Waals surface area contributed by atoms with Crippen LogP contribution in [-0.4, -0.2) is 20.5 Å². The van der Waals surface area contributed by atoms with Crippen LogP contribution in [-0.2, 0) is 13.5 Å². The van der Waals surface area contributed by atoms with Crippen molar-refractivity contribution in [1.29, 1.82) is 0 Å². The largest absolute Gasteiger partial charge is 0.293 e. The summed E-state index contributed by atoms with van der Waals surface area (Å²) < 4.78 is 1.66.